The number of carbonyl (C=O) groups excluding carboxylic acids is 2. The predicted molar refractivity (Wildman–Crippen MR) is 101 cm³/mol. The molecule has 0 unspecified atom stereocenters. The normalized spacial score (nSPS) is 12.3. The number of nitrogens with one attached hydrogen (secondary N) is 2. The highest BCUT2D eigenvalue weighted by Gasteiger charge is 2.77. The smallest absolute Gasteiger partial charge is 0.350 e. The molecule has 0 fully saturated rings. The van der Waals surface area contributed by atoms with Gasteiger partial charge in [-0.2, -0.15) is 26.3 Å². The first-order chi connectivity index (χ1) is 14.5. The summed E-state index contributed by atoms with van der Waals surface area (Å²) in [6.07, 6.45) is 0.0369. The Labute approximate surface area is 174 Å². The van der Waals surface area contributed by atoms with E-state index in [-0.39, 0.29) is 12.8 Å². The SMILES string of the molecule is O=C(NCCc1ccccc1)C(F)(F)C(F)(F)C(F)(F)C(=O)NCCc1ccccc1. The zero-order chi connectivity index (χ0) is 23.1. The van der Waals surface area contributed by atoms with Gasteiger partial charge in [-0.1, -0.05) is 60.7 Å². The van der Waals surface area contributed by atoms with Gasteiger partial charge in [0, 0.05) is 13.1 Å². The van der Waals surface area contributed by atoms with Crippen LogP contribution in [0.2, 0.25) is 0 Å². The summed E-state index contributed by atoms with van der Waals surface area (Å²) >= 11 is 0. The maximum Gasteiger partial charge on any atom is 0.393 e. The summed E-state index contributed by atoms with van der Waals surface area (Å²) in [4.78, 5) is 23.1. The van der Waals surface area contributed by atoms with Gasteiger partial charge in [0.2, 0.25) is 0 Å². The third-order valence-electron chi connectivity index (χ3n) is 4.44. The first kappa shape index (κ1) is 24.2. The molecule has 0 aliphatic heterocycles. The van der Waals surface area contributed by atoms with Crippen LogP contribution in [0.1, 0.15) is 11.1 Å². The molecule has 168 valence electrons. The topological polar surface area (TPSA) is 58.2 Å². The van der Waals surface area contributed by atoms with E-state index >= 15 is 0 Å². The Morgan fingerprint density at radius 1 is 0.613 bits per heavy atom. The third kappa shape index (κ3) is 5.56. The Bertz CT molecular complexity index is 804. The molecule has 4 nitrogen and oxygen atoms in total. The van der Waals surface area contributed by atoms with Crippen LogP contribution in [-0.2, 0) is 22.4 Å². The largest absolute Gasteiger partial charge is 0.393 e. The van der Waals surface area contributed by atoms with Crippen LogP contribution < -0.4 is 10.6 Å². The number of amides is 2. The second-order valence-electron chi connectivity index (χ2n) is 6.71. The summed E-state index contributed by atoms with van der Waals surface area (Å²) in [5, 5.41) is 3.04. The fourth-order valence-electron chi connectivity index (χ4n) is 2.63. The summed E-state index contributed by atoms with van der Waals surface area (Å²) in [7, 11) is 0. The fraction of sp³-hybridized carbons (Fsp3) is 0.333. The summed E-state index contributed by atoms with van der Waals surface area (Å²) in [5.41, 5.74) is 1.22. The molecule has 0 radical (unpaired) electrons. The van der Waals surface area contributed by atoms with E-state index in [2.05, 4.69) is 0 Å². The minimum Gasteiger partial charge on any atom is -0.350 e. The molecule has 0 aromatic heterocycles. The van der Waals surface area contributed by atoms with E-state index in [1.807, 2.05) is 0 Å². The Morgan fingerprint density at radius 3 is 1.26 bits per heavy atom. The standard InChI is InChI=1S/C21H20F6N2O2/c22-19(23,17(30)28-13-11-15-7-3-1-4-8-15)21(26,27)20(24,25)18(31)29-14-12-16-9-5-2-6-10-16/h1-10H,11-14H2,(H,28,30)(H,29,31). The second-order valence-corrected chi connectivity index (χ2v) is 6.71. The highest BCUT2D eigenvalue weighted by Crippen LogP contribution is 2.46. The van der Waals surface area contributed by atoms with E-state index in [0.29, 0.717) is 11.1 Å². The van der Waals surface area contributed by atoms with Gasteiger partial charge in [-0.3, -0.25) is 9.59 Å². The average Bonchev–Trinajstić information content (AvgIpc) is 2.74. The van der Waals surface area contributed by atoms with E-state index in [1.165, 1.54) is 10.6 Å². The van der Waals surface area contributed by atoms with Crippen molar-refractivity contribution in [3.8, 4) is 0 Å². The van der Waals surface area contributed by atoms with Crippen molar-refractivity contribution in [2.75, 3.05) is 13.1 Å². The number of carbonyl (C=O) groups is 2. The zero-order valence-corrected chi connectivity index (χ0v) is 16.2. The van der Waals surface area contributed by atoms with E-state index in [0.717, 1.165) is 0 Å². The van der Waals surface area contributed by atoms with Gasteiger partial charge < -0.3 is 10.6 Å². The zero-order valence-electron chi connectivity index (χ0n) is 16.2. The van der Waals surface area contributed by atoms with Crippen LogP contribution in [0.3, 0.4) is 0 Å². The van der Waals surface area contributed by atoms with Crippen molar-refractivity contribution >= 4 is 11.8 Å². The van der Waals surface area contributed by atoms with Gasteiger partial charge in [0.1, 0.15) is 0 Å². The van der Waals surface area contributed by atoms with Crippen LogP contribution in [0, 0.1) is 0 Å². The van der Waals surface area contributed by atoms with Gasteiger partial charge in [0.05, 0.1) is 0 Å². The van der Waals surface area contributed by atoms with Gasteiger partial charge in [-0.25, -0.2) is 0 Å². The molecule has 10 heteroatoms. The molecule has 0 heterocycles. The van der Waals surface area contributed by atoms with Crippen molar-refractivity contribution in [3.63, 3.8) is 0 Å². The van der Waals surface area contributed by atoms with E-state index < -0.39 is 42.7 Å². The molecule has 0 aliphatic carbocycles. The first-order valence-electron chi connectivity index (χ1n) is 9.28. The fourth-order valence-corrected chi connectivity index (χ4v) is 2.63. The molecule has 0 atom stereocenters. The van der Waals surface area contributed by atoms with Crippen LogP contribution in [0.4, 0.5) is 26.3 Å². The number of halogens is 6. The number of benzene rings is 2. The predicted octanol–water partition coefficient (Wildman–Crippen LogP) is 3.61. The lowest BCUT2D eigenvalue weighted by molar-refractivity contribution is -0.287. The maximum absolute atomic E-state index is 14.0. The second kappa shape index (κ2) is 9.84. The van der Waals surface area contributed by atoms with Gasteiger partial charge in [0.15, 0.2) is 0 Å². The van der Waals surface area contributed by atoms with Crippen LogP contribution in [0.5, 0.6) is 0 Å². The molecule has 0 saturated carbocycles. The van der Waals surface area contributed by atoms with E-state index in [9.17, 15) is 35.9 Å². The average molecular weight is 446 g/mol. The van der Waals surface area contributed by atoms with Crippen LogP contribution >= 0.6 is 0 Å². The highest BCUT2D eigenvalue weighted by molar-refractivity contribution is 5.89. The molecule has 2 rings (SSSR count). The van der Waals surface area contributed by atoms with Crippen LogP contribution in [-0.4, -0.2) is 42.7 Å². The quantitative estimate of drug-likeness (QED) is 0.548. The number of alkyl halides is 6. The van der Waals surface area contributed by atoms with Gasteiger partial charge in [0.25, 0.3) is 11.8 Å². The Hall–Kier alpha value is -3.04. The lowest BCUT2D eigenvalue weighted by Gasteiger charge is -2.31. The lowest BCUT2D eigenvalue weighted by atomic mass is 10.0. The highest BCUT2D eigenvalue weighted by atomic mass is 19.3. The van der Waals surface area contributed by atoms with Crippen molar-refractivity contribution in [1.82, 2.24) is 10.6 Å². The molecule has 0 spiro atoms. The molecule has 0 bridgehead atoms. The third-order valence-corrected chi connectivity index (χ3v) is 4.44. The summed E-state index contributed by atoms with van der Waals surface area (Å²) < 4.78 is 83.7. The van der Waals surface area contributed by atoms with Gasteiger partial charge in [-0.05, 0) is 24.0 Å². The van der Waals surface area contributed by atoms with Crippen LogP contribution in [0.15, 0.2) is 60.7 Å². The van der Waals surface area contributed by atoms with Crippen molar-refractivity contribution in [2.45, 2.75) is 30.6 Å². The van der Waals surface area contributed by atoms with Crippen molar-refractivity contribution in [1.29, 1.82) is 0 Å². The minimum atomic E-state index is -6.24. The summed E-state index contributed by atoms with van der Waals surface area (Å²) in [6.45, 7) is -0.966. The van der Waals surface area contributed by atoms with Crippen molar-refractivity contribution in [2.24, 2.45) is 0 Å². The molecule has 2 amide bonds. The Balaban J connectivity index is 1.97. The van der Waals surface area contributed by atoms with E-state index in [4.69, 9.17) is 0 Å². The molecular weight excluding hydrogens is 426 g/mol. The molecule has 2 N–H and O–H groups in total. The molecule has 0 saturated heterocycles. The molecule has 31 heavy (non-hydrogen) atoms. The lowest BCUT2D eigenvalue weighted by Crippen LogP contribution is -2.65. The van der Waals surface area contributed by atoms with E-state index in [1.54, 1.807) is 60.7 Å². The molecule has 2 aromatic rings. The van der Waals surface area contributed by atoms with Gasteiger partial charge in [-0.15, -0.1) is 0 Å². The summed E-state index contributed by atoms with van der Waals surface area (Å²) in [6, 6.07) is 16.3. The molecule has 0 aliphatic rings. The van der Waals surface area contributed by atoms with Crippen molar-refractivity contribution < 1.29 is 35.9 Å². The summed E-state index contributed by atoms with van der Waals surface area (Å²) in [5.74, 6) is -23.1. The Morgan fingerprint density at radius 2 is 0.935 bits per heavy atom. The maximum atomic E-state index is 14.0. The Kier molecular flexibility index (Phi) is 7.70. The minimum absolute atomic E-state index is 0.0184. The number of rotatable bonds is 10. The molecule has 2 aromatic carbocycles. The monoisotopic (exact) mass is 446 g/mol. The number of hydrogen-bond acceptors (Lipinski definition) is 2. The first-order valence-corrected chi connectivity index (χ1v) is 9.28. The van der Waals surface area contributed by atoms with Crippen molar-refractivity contribution in [3.05, 3.63) is 71.8 Å². The van der Waals surface area contributed by atoms with Crippen LogP contribution in [0.25, 0.3) is 0 Å². The molecular formula is C21H20F6N2O2. The number of hydrogen-bond donors (Lipinski definition) is 2. The van der Waals surface area contributed by atoms with Gasteiger partial charge >= 0.3 is 17.8 Å².